The average molecular weight is 303 g/mol. The Morgan fingerprint density at radius 2 is 1.67 bits per heavy atom. The molecule has 2 aromatic carbocycles. The molecule has 0 fully saturated rings. The minimum Gasteiger partial charge on any atom is -0.508 e. The molecule has 0 bridgehead atoms. The highest BCUT2D eigenvalue weighted by atomic mass is 35.5. The number of hydrogen-bond acceptors (Lipinski definition) is 2. The Morgan fingerprint density at radius 3 is 2.28 bits per heavy atom. The van der Waals surface area contributed by atoms with Crippen molar-refractivity contribution in [2.45, 2.75) is 6.54 Å². The average Bonchev–Trinajstić information content (AvgIpc) is 2.27. The molecule has 0 aromatic heterocycles. The molecule has 0 aliphatic heterocycles. The van der Waals surface area contributed by atoms with Crippen LogP contribution in [-0.4, -0.2) is 5.11 Å². The molecule has 0 atom stereocenters. The van der Waals surface area contributed by atoms with Crippen LogP contribution >= 0.6 is 34.8 Å². The van der Waals surface area contributed by atoms with E-state index in [0.29, 0.717) is 27.2 Å². The lowest BCUT2D eigenvalue weighted by Crippen LogP contribution is -2.00. The van der Waals surface area contributed by atoms with Gasteiger partial charge < -0.3 is 10.4 Å². The highest BCUT2D eigenvalue weighted by Gasteiger charge is 2.06. The maximum absolute atomic E-state index is 9.70. The third-order valence-electron chi connectivity index (χ3n) is 2.43. The number of hydrogen-bond donors (Lipinski definition) is 2. The van der Waals surface area contributed by atoms with Gasteiger partial charge in [-0.25, -0.2) is 0 Å². The van der Waals surface area contributed by atoms with Crippen molar-refractivity contribution in [3.63, 3.8) is 0 Å². The molecule has 2 nitrogen and oxygen atoms in total. The van der Waals surface area contributed by atoms with E-state index in [9.17, 15) is 5.11 Å². The summed E-state index contributed by atoms with van der Waals surface area (Å²) in [5.41, 5.74) is 1.40. The number of rotatable bonds is 3. The van der Waals surface area contributed by atoms with Crippen molar-refractivity contribution in [1.29, 1.82) is 0 Å². The number of nitrogens with one attached hydrogen (secondary N) is 1. The highest BCUT2D eigenvalue weighted by Crippen LogP contribution is 2.27. The van der Waals surface area contributed by atoms with Gasteiger partial charge in [0.1, 0.15) is 5.75 Å². The van der Waals surface area contributed by atoms with Crippen LogP contribution in [0.5, 0.6) is 5.75 Å². The lowest BCUT2D eigenvalue weighted by molar-refractivity contribution is 0.469. The first-order valence-corrected chi connectivity index (χ1v) is 6.36. The summed E-state index contributed by atoms with van der Waals surface area (Å²) in [7, 11) is 0. The van der Waals surface area contributed by atoms with E-state index in [1.54, 1.807) is 36.4 Å². The van der Waals surface area contributed by atoms with Gasteiger partial charge in [0.2, 0.25) is 0 Å². The predicted octanol–water partition coefficient (Wildman–Crippen LogP) is 4.96. The lowest BCUT2D eigenvalue weighted by Gasteiger charge is -2.10. The molecule has 0 saturated carbocycles. The van der Waals surface area contributed by atoms with Crippen LogP contribution in [0, 0.1) is 0 Å². The fourth-order valence-electron chi connectivity index (χ4n) is 1.57. The molecule has 18 heavy (non-hydrogen) atoms. The number of halogens is 3. The molecule has 0 aliphatic carbocycles. The van der Waals surface area contributed by atoms with Crippen LogP contribution in [0.3, 0.4) is 0 Å². The van der Waals surface area contributed by atoms with E-state index in [4.69, 9.17) is 34.8 Å². The maximum Gasteiger partial charge on any atom is 0.122 e. The zero-order chi connectivity index (χ0) is 13.1. The number of phenolic OH excluding ortho intramolecular Hbond substituents is 1. The van der Waals surface area contributed by atoms with Crippen molar-refractivity contribution in [3.05, 3.63) is 57.0 Å². The Bertz CT molecular complexity index is 532. The van der Waals surface area contributed by atoms with Crippen LogP contribution in [0.25, 0.3) is 0 Å². The highest BCUT2D eigenvalue weighted by molar-refractivity contribution is 6.35. The summed E-state index contributed by atoms with van der Waals surface area (Å²) in [5, 5.41) is 14.4. The molecule has 2 aromatic rings. The first-order valence-electron chi connectivity index (χ1n) is 5.22. The zero-order valence-electron chi connectivity index (χ0n) is 9.25. The third-order valence-corrected chi connectivity index (χ3v) is 3.22. The van der Waals surface area contributed by atoms with Crippen molar-refractivity contribution in [1.82, 2.24) is 0 Å². The predicted molar refractivity (Wildman–Crippen MR) is 76.9 cm³/mol. The Labute approximate surface area is 120 Å². The standard InChI is InChI=1S/C13H10Cl3NO/c14-8-4-9(15)6-10(5-8)17-7-11-12(16)2-1-3-13(11)18/h1-6,17-18H,7H2. The van der Waals surface area contributed by atoms with Crippen LogP contribution in [0.2, 0.25) is 15.1 Å². The summed E-state index contributed by atoms with van der Waals surface area (Å²) >= 11 is 17.8. The zero-order valence-corrected chi connectivity index (χ0v) is 11.5. The monoisotopic (exact) mass is 301 g/mol. The van der Waals surface area contributed by atoms with Gasteiger partial charge in [0, 0.05) is 32.9 Å². The van der Waals surface area contributed by atoms with Crippen molar-refractivity contribution in [2.75, 3.05) is 5.32 Å². The van der Waals surface area contributed by atoms with Gasteiger partial charge >= 0.3 is 0 Å². The van der Waals surface area contributed by atoms with E-state index < -0.39 is 0 Å². The summed E-state index contributed by atoms with van der Waals surface area (Å²) in [6.45, 7) is 0.391. The molecule has 0 amide bonds. The first-order chi connectivity index (χ1) is 8.56. The van der Waals surface area contributed by atoms with E-state index >= 15 is 0 Å². The maximum atomic E-state index is 9.70. The van der Waals surface area contributed by atoms with Gasteiger partial charge in [-0.3, -0.25) is 0 Å². The van der Waals surface area contributed by atoms with Crippen LogP contribution in [0.4, 0.5) is 5.69 Å². The van der Waals surface area contributed by atoms with Crippen LogP contribution < -0.4 is 5.32 Å². The number of aromatic hydroxyl groups is 1. The number of benzene rings is 2. The molecule has 0 saturated heterocycles. The van der Waals surface area contributed by atoms with E-state index in [2.05, 4.69) is 5.32 Å². The molecule has 0 spiro atoms. The summed E-state index contributed by atoms with van der Waals surface area (Å²) in [4.78, 5) is 0. The number of anilines is 1. The van der Waals surface area contributed by atoms with Gasteiger partial charge in [-0.1, -0.05) is 40.9 Å². The summed E-state index contributed by atoms with van der Waals surface area (Å²) in [5.74, 6) is 0.156. The number of phenols is 1. The van der Waals surface area contributed by atoms with E-state index in [1.807, 2.05) is 0 Å². The Kier molecular flexibility index (Phi) is 4.23. The second-order valence-corrected chi connectivity index (χ2v) is 5.03. The minimum absolute atomic E-state index is 0.156. The molecule has 2 rings (SSSR count). The normalized spacial score (nSPS) is 10.4. The molecular weight excluding hydrogens is 293 g/mol. The molecule has 0 heterocycles. The van der Waals surface area contributed by atoms with Crippen molar-refractivity contribution in [2.24, 2.45) is 0 Å². The molecule has 0 unspecified atom stereocenters. The Hall–Kier alpha value is -1.09. The van der Waals surface area contributed by atoms with E-state index in [1.165, 1.54) is 0 Å². The largest absolute Gasteiger partial charge is 0.508 e. The van der Waals surface area contributed by atoms with Gasteiger partial charge in [0.25, 0.3) is 0 Å². The van der Waals surface area contributed by atoms with Crippen molar-refractivity contribution >= 4 is 40.5 Å². The Morgan fingerprint density at radius 1 is 1.00 bits per heavy atom. The van der Waals surface area contributed by atoms with Crippen LogP contribution in [0.1, 0.15) is 5.56 Å². The molecule has 2 N–H and O–H groups in total. The Balaban J connectivity index is 2.16. The topological polar surface area (TPSA) is 32.3 Å². The second kappa shape index (κ2) is 5.70. The SMILES string of the molecule is Oc1cccc(Cl)c1CNc1cc(Cl)cc(Cl)c1. The second-order valence-electron chi connectivity index (χ2n) is 3.75. The molecule has 0 radical (unpaired) electrons. The van der Waals surface area contributed by atoms with Gasteiger partial charge in [0.05, 0.1) is 0 Å². The summed E-state index contributed by atoms with van der Waals surface area (Å²) in [6.07, 6.45) is 0. The van der Waals surface area contributed by atoms with Gasteiger partial charge in [-0.05, 0) is 30.3 Å². The van der Waals surface area contributed by atoms with Crippen LogP contribution in [0.15, 0.2) is 36.4 Å². The molecular formula is C13H10Cl3NO. The lowest BCUT2D eigenvalue weighted by atomic mass is 10.2. The van der Waals surface area contributed by atoms with Gasteiger partial charge in [0.15, 0.2) is 0 Å². The third kappa shape index (κ3) is 3.22. The van der Waals surface area contributed by atoms with Gasteiger partial charge in [-0.2, -0.15) is 0 Å². The molecule has 0 aliphatic rings. The summed E-state index contributed by atoms with van der Waals surface area (Å²) < 4.78 is 0. The van der Waals surface area contributed by atoms with Gasteiger partial charge in [-0.15, -0.1) is 0 Å². The van der Waals surface area contributed by atoms with Crippen molar-refractivity contribution in [3.8, 4) is 5.75 Å². The first kappa shape index (κ1) is 13.3. The smallest absolute Gasteiger partial charge is 0.122 e. The fraction of sp³-hybridized carbons (Fsp3) is 0.0769. The molecule has 5 heteroatoms. The fourth-order valence-corrected chi connectivity index (χ4v) is 2.33. The molecule has 94 valence electrons. The van der Waals surface area contributed by atoms with E-state index in [0.717, 1.165) is 5.69 Å². The minimum atomic E-state index is 0.156. The van der Waals surface area contributed by atoms with E-state index in [-0.39, 0.29) is 5.75 Å². The quantitative estimate of drug-likeness (QED) is 0.839. The van der Waals surface area contributed by atoms with Crippen molar-refractivity contribution < 1.29 is 5.11 Å². The van der Waals surface area contributed by atoms with Crippen LogP contribution in [-0.2, 0) is 6.54 Å². The summed E-state index contributed by atoms with van der Waals surface area (Å²) in [6, 6.07) is 10.2.